The zero-order chi connectivity index (χ0) is 20.1. The fourth-order valence-electron chi connectivity index (χ4n) is 4.89. The Kier molecular flexibility index (Phi) is 8.56. The first kappa shape index (κ1) is 23.1. The van der Waals surface area contributed by atoms with Gasteiger partial charge in [0, 0.05) is 12.3 Å². The van der Waals surface area contributed by atoms with Crippen LogP contribution in [0.25, 0.3) is 0 Å². The molecule has 1 aliphatic carbocycles. The predicted octanol–water partition coefficient (Wildman–Crippen LogP) is 5.01. The molecule has 0 aromatic rings. The highest BCUT2D eigenvalue weighted by atomic mass is 28.4. The molecule has 1 saturated heterocycles. The molecule has 158 valence electrons. The van der Waals surface area contributed by atoms with Gasteiger partial charge in [0.05, 0.1) is 17.8 Å². The Morgan fingerprint density at radius 3 is 2.37 bits per heavy atom. The van der Waals surface area contributed by atoms with E-state index in [1.807, 2.05) is 13.0 Å². The minimum atomic E-state index is -1.70. The van der Waals surface area contributed by atoms with Crippen LogP contribution in [0, 0.1) is 11.8 Å². The Balaban J connectivity index is 2.13. The lowest BCUT2D eigenvalue weighted by molar-refractivity contribution is -0.0945. The molecule has 6 atom stereocenters. The number of unbranched alkanes of at least 4 members (excludes halogenated alkanes) is 2. The van der Waals surface area contributed by atoms with Crippen molar-refractivity contribution in [2.75, 3.05) is 0 Å². The molecule has 1 heterocycles. The van der Waals surface area contributed by atoms with Crippen LogP contribution in [0.3, 0.4) is 0 Å². The standard InChI is InChI=1S/C22H42O4Si/c1-6-10-11-13-22(5,24)14-12-17-18-15-21(23)25-19(18)16-20(17)26-27(7-2,8-3)9-4/h12,14,17-21,23-24H,6-11,13,15-16H2,1-5H3/b14-12+/t17-,18?,19+,20-,21?,22?/m1/s1. The molecule has 4 nitrogen and oxygen atoms in total. The average Bonchev–Trinajstić information content (AvgIpc) is 3.13. The van der Waals surface area contributed by atoms with Gasteiger partial charge in [0.15, 0.2) is 14.6 Å². The van der Waals surface area contributed by atoms with Crippen molar-refractivity contribution in [1.29, 1.82) is 0 Å². The number of hydrogen-bond donors (Lipinski definition) is 2. The summed E-state index contributed by atoms with van der Waals surface area (Å²) in [4.78, 5) is 0. The third kappa shape index (κ3) is 5.89. The van der Waals surface area contributed by atoms with Crippen LogP contribution in [0.4, 0.5) is 0 Å². The summed E-state index contributed by atoms with van der Waals surface area (Å²) in [5.74, 6) is 0.520. The van der Waals surface area contributed by atoms with Crippen LogP contribution in [0.2, 0.25) is 18.1 Å². The van der Waals surface area contributed by atoms with Crippen LogP contribution in [0.1, 0.15) is 73.1 Å². The van der Waals surface area contributed by atoms with Gasteiger partial charge in [-0.3, -0.25) is 0 Å². The van der Waals surface area contributed by atoms with Crippen LogP contribution in [-0.4, -0.2) is 42.6 Å². The third-order valence-corrected chi connectivity index (χ3v) is 11.6. The van der Waals surface area contributed by atoms with E-state index in [9.17, 15) is 10.2 Å². The molecular weight excluding hydrogens is 356 g/mol. The van der Waals surface area contributed by atoms with Crippen LogP contribution < -0.4 is 0 Å². The molecule has 0 aromatic heterocycles. The van der Waals surface area contributed by atoms with Gasteiger partial charge in [-0.05, 0) is 43.8 Å². The molecule has 0 spiro atoms. The fraction of sp³-hybridized carbons (Fsp3) is 0.909. The SMILES string of the molecule is CCCCCC(C)(O)/C=C/[C@@H]1C2CC(O)O[C@H]2C[C@H]1O[Si](CC)(CC)CC. The van der Waals surface area contributed by atoms with E-state index in [0.717, 1.165) is 50.2 Å². The van der Waals surface area contributed by atoms with E-state index in [1.54, 1.807) is 0 Å². The first-order chi connectivity index (χ1) is 12.8. The third-order valence-electron chi connectivity index (χ3n) is 6.97. The largest absolute Gasteiger partial charge is 0.413 e. The van der Waals surface area contributed by atoms with Gasteiger partial charge < -0.3 is 19.4 Å². The van der Waals surface area contributed by atoms with Crippen LogP contribution in [-0.2, 0) is 9.16 Å². The molecule has 0 bridgehead atoms. The monoisotopic (exact) mass is 398 g/mol. The second-order valence-corrected chi connectivity index (χ2v) is 13.6. The van der Waals surface area contributed by atoms with Gasteiger partial charge in [0.25, 0.3) is 0 Å². The first-order valence-electron chi connectivity index (χ1n) is 11.2. The topological polar surface area (TPSA) is 58.9 Å². The highest BCUT2D eigenvalue weighted by Crippen LogP contribution is 2.46. The number of aliphatic hydroxyl groups is 2. The average molecular weight is 399 g/mol. The van der Waals surface area contributed by atoms with Gasteiger partial charge in [-0.1, -0.05) is 59.1 Å². The molecule has 0 radical (unpaired) electrons. The Labute approximate surface area is 167 Å². The summed E-state index contributed by atoms with van der Waals surface area (Å²) in [5.41, 5.74) is -0.773. The zero-order valence-electron chi connectivity index (χ0n) is 18.1. The highest BCUT2D eigenvalue weighted by molar-refractivity contribution is 6.73. The van der Waals surface area contributed by atoms with E-state index < -0.39 is 20.2 Å². The molecule has 1 saturated carbocycles. The lowest BCUT2D eigenvalue weighted by Crippen LogP contribution is -2.41. The van der Waals surface area contributed by atoms with Crippen molar-refractivity contribution in [3.63, 3.8) is 0 Å². The maximum absolute atomic E-state index is 10.8. The molecular formula is C22H42O4Si. The van der Waals surface area contributed by atoms with Crippen LogP contribution in [0.15, 0.2) is 12.2 Å². The van der Waals surface area contributed by atoms with Crippen molar-refractivity contribution in [2.45, 2.75) is 115 Å². The zero-order valence-corrected chi connectivity index (χ0v) is 19.1. The molecule has 1 aliphatic heterocycles. The molecule has 2 aliphatic rings. The van der Waals surface area contributed by atoms with Gasteiger partial charge >= 0.3 is 0 Å². The number of fused-ring (bicyclic) bond motifs is 1. The molecule has 3 unspecified atom stereocenters. The van der Waals surface area contributed by atoms with Gasteiger partial charge in [0.2, 0.25) is 0 Å². The quantitative estimate of drug-likeness (QED) is 0.292. The lowest BCUT2D eigenvalue weighted by atomic mass is 9.89. The van der Waals surface area contributed by atoms with E-state index in [1.165, 1.54) is 0 Å². The molecule has 0 amide bonds. The van der Waals surface area contributed by atoms with Crippen LogP contribution >= 0.6 is 0 Å². The molecule has 27 heavy (non-hydrogen) atoms. The summed E-state index contributed by atoms with van der Waals surface area (Å²) in [5, 5.41) is 20.7. The smallest absolute Gasteiger partial charge is 0.192 e. The first-order valence-corrected chi connectivity index (χ1v) is 13.8. The summed E-state index contributed by atoms with van der Waals surface area (Å²) in [6.45, 7) is 10.9. The van der Waals surface area contributed by atoms with Crippen LogP contribution in [0.5, 0.6) is 0 Å². The maximum Gasteiger partial charge on any atom is 0.192 e. The van der Waals surface area contributed by atoms with Crippen molar-refractivity contribution >= 4 is 8.32 Å². The van der Waals surface area contributed by atoms with E-state index in [4.69, 9.17) is 9.16 Å². The number of hydrogen-bond acceptors (Lipinski definition) is 4. The lowest BCUT2D eigenvalue weighted by Gasteiger charge is -2.34. The molecule has 0 aromatic carbocycles. The van der Waals surface area contributed by atoms with Crippen molar-refractivity contribution in [2.24, 2.45) is 11.8 Å². The molecule has 2 fully saturated rings. The minimum absolute atomic E-state index is 0.0851. The van der Waals surface area contributed by atoms with Crippen molar-refractivity contribution in [3.05, 3.63) is 12.2 Å². The van der Waals surface area contributed by atoms with Crippen molar-refractivity contribution in [3.8, 4) is 0 Å². The molecule has 5 heteroatoms. The van der Waals surface area contributed by atoms with E-state index in [-0.39, 0.29) is 18.1 Å². The Bertz CT molecular complexity index is 467. The van der Waals surface area contributed by atoms with E-state index in [0.29, 0.717) is 12.3 Å². The van der Waals surface area contributed by atoms with Gasteiger partial charge in [-0.15, -0.1) is 0 Å². The maximum atomic E-state index is 10.8. The summed E-state index contributed by atoms with van der Waals surface area (Å²) in [7, 11) is -1.70. The van der Waals surface area contributed by atoms with Gasteiger partial charge in [-0.2, -0.15) is 0 Å². The Morgan fingerprint density at radius 1 is 1.11 bits per heavy atom. The Morgan fingerprint density at radius 2 is 1.78 bits per heavy atom. The van der Waals surface area contributed by atoms with E-state index in [2.05, 4.69) is 33.8 Å². The van der Waals surface area contributed by atoms with Crippen molar-refractivity contribution in [1.82, 2.24) is 0 Å². The van der Waals surface area contributed by atoms with Gasteiger partial charge in [0.1, 0.15) is 0 Å². The highest BCUT2D eigenvalue weighted by Gasteiger charge is 2.50. The second-order valence-electron chi connectivity index (χ2n) is 8.92. The number of aliphatic hydroxyl groups excluding tert-OH is 1. The summed E-state index contributed by atoms with van der Waals surface area (Å²) in [6.07, 6.45) is 9.46. The van der Waals surface area contributed by atoms with E-state index >= 15 is 0 Å². The fourth-order valence-corrected chi connectivity index (χ4v) is 7.78. The summed E-state index contributed by atoms with van der Waals surface area (Å²) < 4.78 is 12.6. The normalized spacial score (nSPS) is 33.5. The molecule has 2 N–H and O–H groups in total. The molecule has 2 rings (SSSR count). The number of ether oxygens (including phenoxy) is 1. The summed E-state index contributed by atoms with van der Waals surface area (Å²) >= 11 is 0. The van der Waals surface area contributed by atoms with Crippen molar-refractivity contribution < 1.29 is 19.4 Å². The second kappa shape index (κ2) is 10.0. The summed E-state index contributed by atoms with van der Waals surface area (Å²) in [6, 6.07) is 3.42. The Hall–Kier alpha value is -0.203. The predicted molar refractivity (Wildman–Crippen MR) is 113 cm³/mol. The number of rotatable bonds is 11. The minimum Gasteiger partial charge on any atom is -0.413 e. The van der Waals surface area contributed by atoms with Gasteiger partial charge in [-0.25, -0.2) is 0 Å².